The van der Waals surface area contributed by atoms with E-state index in [0.717, 1.165) is 26.1 Å². The van der Waals surface area contributed by atoms with Crippen molar-refractivity contribution in [3.05, 3.63) is 0 Å². The van der Waals surface area contributed by atoms with Crippen LogP contribution in [0.5, 0.6) is 0 Å². The molecule has 0 aromatic rings. The van der Waals surface area contributed by atoms with Crippen LogP contribution < -0.4 is 10.6 Å². The van der Waals surface area contributed by atoms with E-state index in [2.05, 4.69) is 15.5 Å². The van der Waals surface area contributed by atoms with Crippen molar-refractivity contribution in [2.75, 3.05) is 26.2 Å². The van der Waals surface area contributed by atoms with E-state index < -0.39 is 5.54 Å². The summed E-state index contributed by atoms with van der Waals surface area (Å²) >= 11 is 0. The van der Waals surface area contributed by atoms with Gasteiger partial charge in [-0.3, -0.25) is 14.6 Å². The summed E-state index contributed by atoms with van der Waals surface area (Å²) < 4.78 is 0. The zero-order valence-corrected chi connectivity index (χ0v) is 14.4. The second-order valence-corrected chi connectivity index (χ2v) is 7.60. The molecule has 6 heteroatoms. The van der Waals surface area contributed by atoms with Crippen LogP contribution in [0.2, 0.25) is 0 Å². The first kappa shape index (κ1) is 16.7. The van der Waals surface area contributed by atoms with Crippen molar-refractivity contribution in [1.29, 1.82) is 0 Å². The second-order valence-electron chi connectivity index (χ2n) is 7.60. The van der Waals surface area contributed by atoms with Gasteiger partial charge in [-0.05, 0) is 33.1 Å². The van der Waals surface area contributed by atoms with E-state index in [1.165, 1.54) is 37.0 Å². The second kappa shape index (κ2) is 6.77. The molecule has 1 spiro atoms. The average molecular weight is 322 g/mol. The third-order valence-corrected chi connectivity index (χ3v) is 5.52. The number of rotatable bonds is 5. The van der Waals surface area contributed by atoms with Gasteiger partial charge in [-0.1, -0.05) is 19.3 Å². The van der Waals surface area contributed by atoms with Gasteiger partial charge in [-0.15, -0.1) is 0 Å². The summed E-state index contributed by atoms with van der Waals surface area (Å²) in [5.74, 6) is -0.0414. The minimum Gasteiger partial charge on any atom is -0.322 e. The molecule has 2 saturated heterocycles. The first-order valence-corrected chi connectivity index (χ1v) is 9.13. The molecule has 0 aromatic heterocycles. The Labute approximate surface area is 139 Å². The maximum atomic E-state index is 12.6. The molecule has 2 aliphatic heterocycles. The summed E-state index contributed by atoms with van der Waals surface area (Å²) in [6.45, 7) is 7.21. The monoisotopic (exact) mass is 322 g/mol. The van der Waals surface area contributed by atoms with E-state index in [0.29, 0.717) is 12.6 Å². The SMILES string of the molecule is CC(C)N1C(=O)NC2(CCN(CCNC3CCCCC3)C2)C1=O. The Bertz CT molecular complexity index is 462. The Balaban J connectivity index is 1.48. The first-order valence-electron chi connectivity index (χ1n) is 9.13. The Hall–Kier alpha value is -1.14. The van der Waals surface area contributed by atoms with Crippen LogP contribution >= 0.6 is 0 Å². The molecule has 0 bridgehead atoms. The highest BCUT2D eigenvalue weighted by Gasteiger charge is 2.54. The number of likely N-dealkylation sites (tertiary alicyclic amines) is 1. The van der Waals surface area contributed by atoms with E-state index in [9.17, 15) is 9.59 Å². The van der Waals surface area contributed by atoms with E-state index in [1.54, 1.807) is 0 Å². The van der Waals surface area contributed by atoms with Gasteiger partial charge in [0.15, 0.2) is 0 Å². The van der Waals surface area contributed by atoms with Gasteiger partial charge in [0, 0.05) is 38.3 Å². The molecule has 1 atom stereocenters. The van der Waals surface area contributed by atoms with Crippen LogP contribution in [0.25, 0.3) is 0 Å². The van der Waals surface area contributed by atoms with Crippen molar-refractivity contribution in [2.45, 2.75) is 70.0 Å². The fraction of sp³-hybridized carbons (Fsp3) is 0.882. The lowest BCUT2D eigenvalue weighted by Gasteiger charge is -2.25. The predicted octanol–water partition coefficient (Wildman–Crippen LogP) is 1.31. The maximum absolute atomic E-state index is 12.6. The number of carbonyl (C=O) groups excluding carboxylic acids is 2. The summed E-state index contributed by atoms with van der Waals surface area (Å²) in [6, 6.07) is 0.362. The number of hydrogen-bond donors (Lipinski definition) is 2. The molecule has 2 N–H and O–H groups in total. The third-order valence-electron chi connectivity index (χ3n) is 5.52. The molecule has 2 heterocycles. The highest BCUT2D eigenvalue weighted by molar-refractivity contribution is 6.07. The van der Waals surface area contributed by atoms with Crippen molar-refractivity contribution in [3.63, 3.8) is 0 Å². The number of carbonyl (C=O) groups is 2. The Morgan fingerprint density at radius 2 is 2.00 bits per heavy atom. The molecule has 3 fully saturated rings. The minimum absolute atomic E-state index is 0.0414. The lowest BCUT2D eigenvalue weighted by Crippen LogP contribution is -2.50. The molecule has 1 unspecified atom stereocenters. The Morgan fingerprint density at radius 1 is 1.26 bits per heavy atom. The summed E-state index contributed by atoms with van der Waals surface area (Å²) in [6.07, 6.45) is 7.38. The lowest BCUT2D eigenvalue weighted by molar-refractivity contribution is -0.132. The molecule has 0 aromatic carbocycles. The molecule has 6 nitrogen and oxygen atoms in total. The molecule has 0 radical (unpaired) electrons. The van der Waals surface area contributed by atoms with Gasteiger partial charge in [0.25, 0.3) is 5.91 Å². The standard InChI is InChI=1S/C17H30N4O2/c1-13(2)21-15(22)17(19-16(21)23)8-10-20(12-17)11-9-18-14-6-4-3-5-7-14/h13-14,18H,3-12H2,1-2H3,(H,19,23). The van der Waals surface area contributed by atoms with Gasteiger partial charge < -0.3 is 10.6 Å². The van der Waals surface area contributed by atoms with Crippen LogP contribution in [0, 0.1) is 0 Å². The minimum atomic E-state index is -0.674. The number of nitrogens with one attached hydrogen (secondary N) is 2. The third kappa shape index (κ3) is 3.38. The highest BCUT2D eigenvalue weighted by atomic mass is 16.2. The predicted molar refractivity (Wildman–Crippen MR) is 89.2 cm³/mol. The lowest BCUT2D eigenvalue weighted by atomic mass is 9.95. The van der Waals surface area contributed by atoms with E-state index in [4.69, 9.17) is 0 Å². The van der Waals surface area contributed by atoms with Gasteiger partial charge in [-0.2, -0.15) is 0 Å². The molecule has 1 aliphatic carbocycles. The number of imide groups is 1. The first-order chi connectivity index (χ1) is 11.0. The fourth-order valence-corrected chi connectivity index (χ4v) is 4.20. The van der Waals surface area contributed by atoms with Gasteiger partial charge in [0.1, 0.15) is 5.54 Å². The zero-order valence-electron chi connectivity index (χ0n) is 14.4. The summed E-state index contributed by atoms with van der Waals surface area (Å²) in [5.41, 5.74) is -0.674. The van der Waals surface area contributed by atoms with Crippen molar-refractivity contribution < 1.29 is 9.59 Å². The topological polar surface area (TPSA) is 64.7 Å². The Morgan fingerprint density at radius 3 is 2.65 bits per heavy atom. The molecular weight excluding hydrogens is 292 g/mol. The van der Waals surface area contributed by atoms with Crippen molar-refractivity contribution in [3.8, 4) is 0 Å². The van der Waals surface area contributed by atoms with E-state index in [1.807, 2.05) is 13.8 Å². The quantitative estimate of drug-likeness (QED) is 0.749. The van der Waals surface area contributed by atoms with Crippen LogP contribution in [0.15, 0.2) is 0 Å². The number of amides is 3. The largest absolute Gasteiger partial charge is 0.325 e. The van der Waals surface area contributed by atoms with Crippen LogP contribution in [0.3, 0.4) is 0 Å². The summed E-state index contributed by atoms with van der Waals surface area (Å²) in [7, 11) is 0. The van der Waals surface area contributed by atoms with E-state index >= 15 is 0 Å². The van der Waals surface area contributed by atoms with Gasteiger partial charge >= 0.3 is 6.03 Å². The number of nitrogens with zero attached hydrogens (tertiary/aromatic N) is 2. The average Bonchev–Trinajstić information content (AvgIpc) is 3.02. The van der Waals surface area contributed by atoms with Gasteiger partial charge in [0.05, 0.1) is 0 Å². The number of urea groups is 1. The fourth-order valence-electron chi connectivity index (χ4n) is 4.20. The van der Waals surface area contributed by atoms with Crippen LogP contribution in [-0.2, 0) is 4.79 Å². The highest BCUT2D eigenvalue weighted by Crippen LogP contribution is 2.29. The molecule has 3 amide bonds. The van der Waals surface area contributed by atoms with Crippen LogP contribution in [0.1, 0.15) is 52.4 Å². The molecule has 130 valence electrons. The zero-order chi connectivity index (χ0) is 16.4. The van der Waals surface area contributed by atoms with Crippen molar-refractivity contribution in [2.24, 2.45) is 0 Å². The Kier molecular flexibility index (Phi) is 4.92. The van der Waals surface area contributed by atoms with Crippen LogP contribution in [0.4, 0.5) is 4.79 Å². The van der Waals surface area contributed by atoms with Crippen LogP contribution in [-0.4, -0.2) is 65.5 Å². The molecule has 3 rings (SSSR count). The molecule has 23 heavy (non-hydrogen) atoms. The smallest absolute Gasteiger partial charge is 0.322 e. The van der Waals surface area contributed by atoms with E-state index in [-0.39, 0.29) is 18.0 Å². The van der Waals surface area contributed by atoms with Crippen molar-refractivity contribution in [1.82, 2.24) is 20.4 Å². The molecule has 1 saturated carbocycles. The van der Waals surface area contributed by atoms with Gasteiger partial charge in [-0.25, -0.2) is 4.79 Å². The number of hydrogen-bond acceptors (Lipinski definition) is 4. The molecular formula is C17H30N4O2. The molecule has 3 aliphatic rings. The summed E-state index contributed by atoms with van der Waals surface area (Å²) in [5, 5.41) is 6.61. The maximum Gasteiger partial charge on any atom is 0.325 e. The normalized spacial score (nSPS) is 30.0. The van der Waals surface area contributed by atoms with Crippen molar-refractivity contribution >= 4 is 11.9 Å². The summed E-state index contributed by atoms with van der Waals surface area (Å²) in [4.78, 5) is 28.4. The van der Waals surface area contributed by atoms with Gasteiger partial charge in [0.2, 0.25) is 0 Å².